The molecule has 0 unspecified atom stereocenters. The number of benzene rings is 2. The number of aromatic nitrogens is 1. The van der Waals surface area contributed by atoms with Gasteiger partial charge < -0.3 is 10.6 Å². The van der Waals surface area contributed by atoms with Crippen LogP contribution < -0.4 is 10.6 Å². The fourth-order valence-corrected chi connectivity index (χ4v) is 2.28. The number of anilines is 2. The molecule has 2 aromatic carbocycles. The van der Waals surface area contributed by atoms with E-state index in [1.54, 1.807) is 0 Å². The molecule has 0 aliphatic rings. The maximum Gasteiger partial charge on any atom is 0.257 e. The van der Waals surface area contributed by atoms with Crippen molar-refractivity contribution in [2.45, 2.75) is 0 Å². The Bertz CT molecular complexity index is 1050. The number of nitrogens with one attached hydrogen (secondary N) is 2. The lowest BCUT2D eigenvalue weighted by Gasteiger charge is -2.09. The quantitative estimate of drug-likeness (QED) is 0.659. The molecule has 1 aromatic heterocycles. The number of hydrogen-bond donors (Lipinski definition) is 2. The van der Waals surface area contributed by atoms with Gasteiger partial charge in [-0.1, -0.05) is 6.07 Å². The summed E-state index contributed by atoms with van der Waals surface area (Å²) in [6.45, 7) is 0. The van der Waals surface area contributed by atoms with Crippen molar-refractivity contribution in [3.05, 3.63) is 89.3 Å². The molecule has 2 N–H and O–H groups in total. The average Bonchev–Trinajstić information content (AvgIpc) is 2.67. The number of nitrogens with zero attached hydrogens (tertiary/aromatic N) is 1. The van der Waals surface area contributed by atoms with E-state index < -0.39 is 40.8 Å². The molecule has 0 saturated heterocycles. The highest BCUT2D eigenvalue weighted by Gasteiger charge is 2.16. The molecule has 28 heavy (non-hydrogen) atoms. The van der Waals surface area contributed by atoms with E-state index in [0.717, 1.165) is 48.8 Å². The first-order valence-corrected chi connectivity index (χ1v) is 7.82. The van der Waals surface area contributed by atoms with Gasteiger partial charge in [0.1, 0.15) is 29.0 Å². The summed E-state index contributed by atoms with van der Waals surface area (Å²) in [5, 5.41) is 4.28. The van der Waals surface area contributed by atoms with Crippen molar-refractivity contribution in [2.75, 3.05) is 10.6 Å². The molecular weight excluding hydrogens is 378 g/mol. The van der Waals surface area contributed by atoms with Gasteiger partial charge >= 0.3 is 0 Å². The highest BCUT2D eigenvalue weighted by molar-refractivity contribution is 6.08. The molecule has 0 radical (unpaired) electrons. The molecule has 2 amide bonds. The molecule has 0 bridgehead atoms. The maximum atomic E-state index is 13.6. The van der Waals surface area contributed by atoms with Gasteiger partial charge in [0, 0.05) is 18.5 Å². The van der Waals surface area contributed by atoms with Gasteiger partial charge in [-0.05, 0) is 30.3 Å². The summed E-state index contributed by atoms with van der Waals surface area (Å²) in [7, 11) is 0. The van der Waals surface area contributed by atoms with Gasteiger partial charge in [-0.15, -0.1) is 0 Å². The van der Waals surface area contributed by atoms with E-state index in [9.17, 15) is 27.2 Å². The van der Waals surface area contributed by atoms with Crippen molar-refractivity contribution in [3.8, 4) is 0 Å². The number of hydrogen-bond acceptors (Lipinski definition) is 3. The van der Waals surface area contributed by atoms with Crippen LogP contribution in [0.5, 0.6) is 0 Å². The summed E-state index contributed by atoms with van der Waals surface area (Å²) >= 11 is 0. The van der Waals surface area contributed by atoms with E-state index in [2.05, 4.69) is 15.6 Å². The van der Waals surface area contributed by atoms with Crippen LogP contribution in [0.1, 0.15) is 20.7 Å². The third-order valence-corrected chi connectivity index (χ3v) is 3.64. The zero-order valence-electron chi connectivity index (χ0n) is 14.0. The summed E-state index contributed by atoms with van der Waals surface area (Å²) in [6.07, 6.45) is 2.20. The lowest BCUT2D eigenvalue weighted by atomic mass is 10.1. The van der Waals surface area contributed by atoms with Gasteiger partial charge in [-0.2, -0.15) is 0 Å². The second-order valence-corrected chi connectivity index (χ2v) is 5.59. The first-order valence-electron chi connectivity index (χ1n) is 7.82. The second kappa shape index (κ2) is 7.87. The highest BCUT2D eigenvalue weighted by atomic mass is 19.1. The van der Waals surface area contributed by atoms with Gasteiger partial charge in [0.2, 0.25) is 0 Å². The zero-order chi connectivity index (χ0) is 20.3. The Morgan fingerprint density at radius 2 is 1.36 bits per heavy atom. The third-order valence-electron chi connectivity index (χ3n) is 3.64. The summed E-state index contributed by atoms with van der Waals surface area (Å²) in [5.74, 6) is -5.45. The Morgan fingerprint density at radius 1 is 0.750 bits per heavy atom. The van der Waals surface area contributed by atoms with E-state index in [0.29, 0.717) is 6.07 Å². The van der Waals surface area contributed by atoms with Gasteiger partial charge in [-0.3, -0.25) is 14.6 Å². The fourth-order valence-electron chi connectivity index (χ4n) is 2.28. The molecule has 0 fully saturated rings. The highest BCUT2D eigenvalue weighted by Crippen LogP contribution is 2.20. The summed E-state index contributed by atoms with van der Waals surface area (Å²) in [5.41, 5.74) is -1.19. The van der Waals surface area contributed by atoms with Crippen LogP contribution in [-0.4, -0.2) is 16.8 Å². The van der Waals surface area contributed by atoms with Crippen molar-refractivity contribution in [2.24, 2.45) is 0 Å². The number of amides is 2. The maximum absolute atomic E-state index is 13.6. The predicted molar refractivity (Wildman–Crippen MR) is 92.9 cm³/mol. The van der Waals surface area contributed by atoms with Crippen molar-refractivity contribution in [1.82, 2.24) is 4.98 Å². The molecule has 9 heteroatoms. The lowest BCUT2D eigenvalue weighted by molar-refractivity contribution is 0.102. The van der Waals surface area contributed by atoms with E-state index in [1.807, 2.05) is 0 Å². The minimum absolute atomic E-state index is 0.120. The standard InChI is InChI=1S/C19H11F4N3O2/c20-12-4-5-16(15(23)7-12)25-18(27)10-6-11(9-24-8-10)19(28)26-17-13(21)2-1-3-14(17)22/h1-9H,(H,25,27)(H,26,28). The number of rotatable bonds is 4. The van der Waals surface area contributed by atoms with Gasteiger partial charge in [-0.25, -0.2) is 17.6 Å². The number of para-hydroxylation sites is 1. The summed E-state index contributed by atoms with van der Waals surface area (Å²) in [4.78, 5) is 28.2. The molecule has 142 valence electrons. The zero-order valence-corrected chi connectivity index (χ0v) is 14.0. The Morgan fingerprint density at radius 3 is 1.96 bits per heavy atom. The van der Waals surface area contributed by atoms with Crippen molar-refractivity contribution < 1.29 is 27.2 Å². The molecule has 3 rings (SSSR count). The predicted octanol–water partition coefficient (Wildman–Crippen LogP) is 4.14. The number of carbonyl (C=O) groups excluding carboxylic acids is 2. The number of pyridine rings is 1. The molecule has 5 nitrogen and oxygen atoms in total. The van der Waals surface area contributed by atoms with Gasteiger partial charge in [0.25, 0.3) is 11.8 Å². The normalized spacial score (nSPS) is 10.4. The Labute approximate surface area is 156 Å². The lowest BCUT2D eigenvalue weighted by Crippen LogP contribution is -2.17. The Kier molecular flexibility index (Phi) is 5.35. The molecule has 0 aliphatic heterocycles. The Balaban J connectivity index is 1.79. The van der Waals surface area contributed by atoms with Gasteiger partial charge in [0.05, 0.1) is 16.8 Å². The molecule has 3 aromatic rings. The fraction of sp³-hybridized carbons (Fsp3) is 0. The monoisotopic (exact) mass is 389 g/mol. The van der Waals surface area contributed by atoms with Crippen LogP contribution in [0.25, 0.3) is 0 Å². The molecule has 0 atom stereocenters. The minimum atomic E-state index is -0.981. The first-order chi connectivity index (χ1) is 13.3. The summed E-state index contributed by atoms with van der Waals surface area (Å²) < 4.78 is 53.9. The van der Waals surface area contributed by atoms with Crippen molar-refractivity contribution in [1.29, 1.82) is 0 Å². The molecule has 0 saturated carbocycles. The van der Waals surface area contributed by atoms with Crippen LogP contribution in [0, 0.1) is 23.3 Å². The van der Waals surface area contributed by atoms with Gasteiger partial charge in [0.15, 0.2) is 0 Å². The van der Waals surface area contributed by atoms with Crippen LogP contribution >= 0.6 is 0 Å². The van der Waals surface area contributed by atoms with Crippen LogP contribution in [-0.2, 0) is 0 Å². The minimum Gasteiger partial charge on any atom is -0.319 e. The molecule has 1 heterocycles. The molecular formula is C19H11F4N3O2. The summed E-state index contributed by atoms with van der Waals surface area (Å²) in [6, 6.07) is 6.79. The third kappa shape index (κ3) is 4.14. The van der Waals surface area contributed by atoms with Crippen LogP contribution in [0.3, 0.4) is 0 Å². The first kappa shape index (κ1) is 19.0. The van der Waals surface area contributed by atoms with Crippen LogP contribution in [0.4, 0.5) is 28.9 Å². The van der Waals surface area contributed by atoms with Crippen LogP contribution in [0.15, 0.2) is 54.9 Å². The van der Waals surface area contributed by atoms with E-state index >= 15 is 0 Å². The molecule has 0 spiro atoms. The van der Waals surface area contributed by atoms with Crippen molar-refractivity contribution in [3.63, 3.8) is 0 Å². The van der Waals surface area contributed by atoms with Crippen molar-refractivity contribution >= 4 is 23.2 Å². The second-order valence-electron chi connectivity index (χ2n) is 5.59. The number of carbonyl (C=O) groups is 2. The average molecular weight is 389 g/mol. The topological polar surface area (TPSA) is 71.1 Å². The Hall–Kier alpha value is -3.75. The van der Waals surface area contributed by atoms with Crippen LogP contribution in [0.2, 0.25) is 0 Å². The molecule has 0 aliphatic carbocycles. The van der Waals surface area contributed by atoms with E-state index in [1.165, 1.54) is 0 Å². The smallest absolute Gasteiger partial charge is 0.257 e. The van der Waals surface area contributed by atoms with E-state index in [-0.39, 0.29) is 16.8 Å². The van der Waals surface area contributed by atoms with E-state index in [4.69, 9.17) is 0 Å². The number of halogens is 4. The SMILES string of the molecule is O=C(Nc1ccc(F)cc1F)c1cncc(C(=O)Nc2c(F)cccc2F)c1. The largest absolute Gasteiger partial charge is 0.319 e.